The number of likely N-dealkylation sites (tertiary alicyclic amines) is 1. The maximum Gasteiger partial charge on any atom is 0.199 e. The topological polar surface area (TPSA) is 47.7 Å². The highest BCUT2D eigenvalue weighted by molar-refractivity contribution is 7.71. The van der Waals surface area contributed by atoms with Crippen molar-refractivity contribution in [1.29, 1.82) is 0 Å². The van der Waals surface area contributed by atoms with Crippen LogP contribution in [-0.2, 0) is 13.2 Å². The van der Waals surface area contributed by atoms with Crippen LogP contribution in [-0.4, -0.2) is 59.0 Å². The third-order valence-corrected chi connectivity index (χ3v) is 6.90. The molecule has 1 aromatic heterocycles. The van der Waals surface area contributed by atoms with Gasteiger partial charge in [0.15, 0.2) is 4.77 Å². The fourth-order valence-electron chi connectivity index (χ4n) is 4.72. The minimum atomic E-state index is 0.252. The minimum Gasteiger partial charge on any atom is -0.497 e. The molecule has 0 radical (unpaired) electrons. The van der Waals surface area contributed by atoms with Crippen molar-refractivity contribution in [3.8, 4) is 11.5 Å². The summed E-state index contributed by atoms with van der Waals surface area (Å²) >= 11 is 5.93. The van der Waals surface area contributed by atoms with Crippen LogP contribution in [0, 0.1) is 4.77 Å². The molecule has 3 rings (SSSR count). The van der Waals surface area contributed by atoms with Gasteiger partial charge in [-0.15, -0.1) is 0 Å². The summed E-state index contributed by atoms with van der Waals surface area (Å²) in [6.45, 7) is 7.03. The van der Waals surface area contributed by atoms with Crippen molar-refractivity contribution in [2.24, 2.45) is 0 Å². The van der Waals surface area contributed by atoms with Gasteiger partial charge in [-0.25, -0.2) is 4.68 Å². The molecule has 7 nitrogen and oxygen atoms in total. The molecule has 32 heavy (non-hydrogen) atoms. The van der Waals surface area contributed by atoms with Crippen molar-refractivity contribution in [3.05, 3.63) is 34.4 Å². The number of rotatable bonds is 11. The van der Waals surface area contributed by atoms with Crippen LogP contribution in [0.15, 0.2) is 18.2 Å². The Kier molecular flexibility index (Phi) is 8.73. The Hall–Kier alpha value is -1.90. The van der Waals surface area contributed by atoms with Gasteiger partial charge in [-0.1, -0.05) is 20.3 Å². The molecule has 1 aliphatic rings. The van der Waals surface area contributed by atoms with E-state index in [0.717, 1.165) is 67.3 Å². The molecule has 0 spiro atoms. The molecule has 2 atom stereocenters. The second-order valence-electron chi connectivity index (χ2n) is 8.75. The van der Waals surface area contributed by atoms with Crippen LogP contribution in [0.4, 0.5) is 0 Å². The lowest BCUT2D eigenvalue weighted by atomic mass is 10.0. The van der Waals surface area contributed by atoms with Crippen LogP contribution in [0.3, 0.4) is 0 Å². The van der Waals surface area contributed by atoms with E-state index in [2.05, 4.69) is 48.4 Å². The first-order chi connectivity index (χ1) is 15.4. The van der Waals surface area contributed by atoms with Crippen molar-refractivity contribution >= 4 is 12.2 Å². The molecule has 1 aliphatic heterocycles. The minimum absolute atomic E-state index is 0.252. The zero-order valence-electron chi connectivity index (χ0n) is 20.5. The lowest BCUT2D eigenvalue weighted by Gasteiger charge is -2.26. The molecule has 0 unspecified atom stereocenters. The van der Waals surface area contributed by atoms with E-state index in [1.807, 2.05) is 16.8 Å². The first kappa shape index (κ1) is 24.7. The molecule has 0 bridgehead atoms. The first-order valence-corrected chi connectivity index (χ1v) is 12.2. The number of hydrogen-bond donors (Lipinski definition) is 0. The van der Waals surface area contributed by atoms with Crippen molar-refractivity contribution in [2.75, 3.05) is 34.9 Å². The van der Waals surface area contributed by atoms with Crippen LogP contribution < -0.4 is 9.47 Å². The van der Waals surface area contributed by atoms with E-state index in [0.29, 0.717) is 6.67 Å². The van der Waals surface area contributed by atoms with Gasteiger partial charge in [0.25, 0.3) is 0 Å². The van der Waals surface area contributed by atoms with Crippen molar-refractivity contribution in [3.63, 3.8) is 0 Å². The summed E-state index contributed by atoms with van der Waals surface area (Å²) in [5.74, 6) is 2.83. The molecule has 1 saturated heterocycles. The third-order valence-electron chi connectivity index (χ3n) is 6.47. The Morgan fingerprint density at radius 2 is 2.00 bits per heavy atom. The highest BCUT2D eigenvalue weighted by atomic mass is 32.1. The van der Waals surface area contributed by atoms with Gasteiger partial charge in [-0.3, -0.25) is 9.80 Å². The zero-order chi connectivity index (χ0) is 23.3. The number of nitrogens with zero attached hydrogens (tertiary/aromatic N) is 5. The molecular formula is C24H39N5O2S. The second kappa shape index (κ2) is 11.3. The lowest BCUT2D eigenvalue weighted by molar-refractivity contribution is 0.185. The molecule has 0 amide bonds. The SMILES string of the molecule is CCCCn1c([C@@H](CC)N(C)C)nn(CN2CCC[C@H]2c2cc(OC)ccc2OC)c1=S. The highest BCUT2D eigenvalue weighted by Gasteiger charge is 2.30. The summed E-state index contributed by atoms with van der Waals surface area (Å²) in [5.41, 5.74) is 1.17. The predicted molar refractivity (Wildman–Crippen MR) is 131 cm³/mol. The molecule has 1 fully saturated rings. The summed E-state index contributed by atoms with van der Waals surface area (Å²) in [4.78, 5) is 4.70. The van der Waals surface area contributed by atoms with Crippen LogP contribution >= 0.6 is 12.2 Å². The number of unbranched alkanes of at least 4 members (excludes halogenated alkanes) is 1. The Labute approximate surface area is 197 Å². The van der Waals surface area contributed by atoms with Gasteiger partial charge >= 0.3 is 0 Å². The van der Waals surface area contributed by atoms with Crippen LogP contribution in [0.5, 0.6) is 11.5 Å². The van der Waals surface area contributed by atoms with Gasteiger partial charge in [-0.2, -0.15) is 5.10 Å². The van der Waals surface area contributed by atoms with Crippen molar-refractivity contribution < 1.29 is 9.47 Å². The normalized spacial score (nSPS) is 17.8. The van der Waals surface area contributed by atoms with E-state index in [1.54, 1.807) is 14.2 Å². The van der Waals surface area contributed by atoms with Crippen LogP contribution in [0.25, 0.3) is 0 Å². The molecular weight excluding hydrogens is 422 g/mol. The molecule has 2 aromatic rings. The van der Waals surface area contributed by atoms with E-state index in [4.69, 9.17) is 26.8 Å². The van der Waals surface area contributed by atoms with Crippen LogP contribution in [0.1, 0.15) is 69.4 Å². The lowest BCUT2D eigenvalue weighted by Crippen LogP contribution is -2.27. The molecule has 1 aromatic carbocycles. The van der Waals surface area contributed by atoms with E-state index in [1.165, 1.54) is 5.56 Å². The number of aromatic nitrogens is 3. The van der Waals surface area contributed by atoms with Gasteiger partial charge in [0.2, 0.25) is 0 Å². The Morgan fingerprint density at radius 1 is 1.22 bits per heavy atom. The fourth-order valence-corrected chi connectivity index (χ4v) is 5.00. The van der Waals surface area contributed by atoms with Gasteiger partial charge in [0.05, 0.1) is 26.9 Å². The van der Waals surface area contributed by atoms with E-state index in [-0.39, 0.29) is 12.1 Å². The van der Waals surface area contributed by atoms with E-state index < -0.39 is 0 Å². The maximum absolute atomic E-state index is 5.93. The number of ether oxygens (including phenoxy) is 2. The molecule has 0 N–H and O–H groups in total. The summed E-state index contributed by atoms with van der Waals surface area (Å²) in [6, 6.07) is 6.55. The Balaban J connectivity index is 1.94. The Bertz CT molecular complexity index is 939. The predicted octanol–water partition coefficient (Wildman–Crippen LogP) is 5.04. The summed E-state index contributed by atoms with van der Waals surface area (Å²) in [6.07, 6.45) is 5.45. The standard InChI is InChI=1S/C24H39N5O2S/c1-7-9-15-28-23(20(8-2)26(3)4)25-29(24(28)32)17-27-14-10-11-21(27)19-16-18(30-5)12-13-22(19)31-6/h12-13,16,20-21H,7-11,14-15,17H2,1-6H3/t20-,21+/m1/s1. The zero-order valence-corrected chi connectivity index (χ0v) is 21.3. The van der Waals surface area contributed by atoms with Gasteiger partial charge in [0, 0.05) is 24.7 Å². The van der Waals surface area contributed by atoms with Gasteiger partial charge in [0.1, 0.15) is 17.3 Å². The smallest absolute Gasteiger partial charge is 0.199 e. The van der Waals surface area contributed by atoms with Crippen molar-refractivity contribution in [1.82, 2.24) is 24.1 Å². The van der Waals surface area contributed by atoms with Gasteiger partial charge < -0.3 is 14.0 Å². The fraction of sp³-hybridized carbons (Fsp3) is 0.667. The first-order valence-electron chi connectivity index (χ1n) is 11.7. The van der Waals surface area contributed by atoms with Gasteiger partial charge in [-0.05, 0) is 70.2 Å². The molecule has 8 heteroatoms. The molecule has 0 aliphatic carbocycles. The number of methoxy groups -OCH3 is 2. The molecule has 0 saturated carbocycles. The molecule has 2 heterocycles. The summed E-state index contributed by atoms with van der Waals surface area (Å²) in [7, 11) is 7.67. The van der Waals surface area contributed by atoms with E-state index in [9.17, 15) is 0 Å². The van der Waals surface area contributed by atoms with Crippen molar-refractivity contribution in [2.45, 2.75) is 71.2 Å². The molecule has 178 valence electrons. The monoisotopic (exact) mass is 461 g/mol. The Morgan fingerprint density at radius 3 is 2.62 bits per heavy atom. The van der Waals surface area contributed by atoms with E-state index >= 15 is 0 Å². The number of benzene rings is 1. The quantitative estimate of drug-likeness (QED) is 0.437. The summed E-state index contributed by atoms with van der Waals surface area (Å²) in [5, 5.41) is 5.06. The van der Waals surface area contributed by atoms with Crippen LogP contribution in [0.2, 0.25) is 0 Å². The second-order valence-corrected chi connectivity index (χ2v) is 9.12. The third kappa shape index (κ3) is 5.18. The number of hydrogen-bond acceptors (Lipinski definition) is 6. The average molecular weight is 462 g/mol. The largest absolute Gasteiger partial charge is 0.497 e. The highest BCUT2D eigenvalue weighted by Crippen LogP contribution is 2.39. The summed E-state index contributed by atoms with van der Waals surface area (Å²) < 4.78 is 16.3. The average Bonchev–Trinajstić information content (AvgIpc) is 3.37. The maximum atomic E-state index is 5.93.